The van der Waals surface area contributed by atoms with Gasteiger partial charge in [0.05, 0.1) is 0 Å². The maximum atomic E-state index is 8.96. The number of aromatic nitrogens is 4. The summed E-state index contributed by atoms with van der Waals surface area (Å²) in [4.78, 5) is 8.73. The van der Waals surface area contributed by atoms with E-state index < -0.39 is 0 Å². The zero-order chi connectivity index (χ0) is 17.1. The number of rotatable bonds is 4. The Balaban J connectivity index is 2.11. The quantitative estimate of drug-likeness (QED) is 0.321. The molecule has 3 heterocycles. The monoisotopic (exact) mass is 381 g/mol. The summed E-state index contributed by atoms with van der Waals surface area (Å²) >= 11 is -0.100. The van der Waals surface area contributed by atoms with Crippen LogP contribution in [0.5, 0.6) is 0 Å². The second kappa shape index (κ2) is 6.81. The fourth-order valence-electron chi connectivity index (χ4n) is 2.26. The molecule has 0 bridgehead atoms. The van der Waals surface area contributed by atoms with Gasteiger partial charge in [-0.1, -0.05) is 0 Å². The van der Waals surface area contributed by atoms with Gasteiger partial charge in [-0.2, -0.15) is 0 Å². The number of fused-ring (bicyclic) bond motifs is 1. The van der Waals surface area contributed by atoms with Crippen LogP contribution in [0, 0.1) is 11.3 Å². The molecule has 24 heavy (non-hydrogen) atoms. The van der Waals surface area contributed by atoms with Crippen molar-refractivity contribution in [2.24, 2.45) is 5.16 Å². The van der Waals surface area contributed by atoms with Crippen LogP contribution in [0.3, 0.4) is 0 Å². The maximum absolute atomic E-state index is 8.96. The van der Waals surface area contributed by atoms with Crippen LogP contribution in [0.2, 0.25) is 4.71 Å². The van der Waals surface area contributed by atoms with Gasteiger partial charge in [-0.25, -0.2) is 0 Å². The van der Waals surface area contributed by atoms with E-state index in [1.165, 1.54) is 12.4 Å². The Morgan fingerprint density at radius 1 is 1.29 bits per heavy atom. The van der Waals surface area contributed by atoms with Gasteiger partial charge in [-0.05, 0) is 0 Å². The first-order valence-corrected chi connectivity index (χ1v) is 9.27. The molecule has 119 valence electrons. The Hall–Kier alpha value is -2.71. The summed E-state index contributed by atoms with van der Waals surface area (Å²) in [6.07, 6.45) is 6.28. The van der Waals surface area contributed by atoms with Gasteiger partial charge in [-0.3, -0.25) is 0 Å². The number of oxime groups is 1. The molecular formula is C16H14AsN6O. The summed E-state index contributed by atoms with van der Waals surface area (Å²) in [5.41, 5.74) is 1.96. The van der Waals surface area contributed by atoms with Gasteiger partial charge in [-0.15, -0.1) is 0 Å². The number of pyridine rings is 2. The third kappa shape index (κ3) is 3.15. The molecule has 3 rings (SSSR count). The van der Waals surface area contributed by atoms with Gasteiger partial charge in [0, 0.05) is 0 Å². The molecule has 0 aliphatic carbocycles. The van der Waals surface area contributed by atoms with E-state index in [4.69, 9.17) is 10.5 Å². The van der Waals surface area contributed by atoms with E-state index in [-0.39, 0.29) is 15.8 Å². The van der Waals surface area contributed by atoms with Crippen LogP contribution >= 0.6 is 0 Å². The Morgan fingerprint density at radius 2 is 2.12 bits per heavy atom. The predicted molar refractivity (Wildman–Crippen MR) is 91.2 cm³/mol. The van der Waals surface area contributed by atoms with Crippen molar-refractivity contribution in [1.29, 1.82) is 5.26 Å². The third-order valence-corrected chi connectivity index (χ3v) is 5.73. The number of hydrogen-bond donors (Lipinski definition) is 1. The molecule has 1 N–H and O–H groups in total. The molecule has 0 saturated heterocycles. The molecule has 0 aliphatic heterocycles. The first-order chi connectivity index (χ1) is 11.6. The molecule has 0 atom stereocenters. The fourth-order valence-corrected chi connectivity index (χ4v) is 4.38. The van der Waals surface area contributed by atoms with Crippen LogP contribution in [0.25, 0.3) is 16.9 Å². The molecule has 0 amide bonds. The SMILES string of the molecule is CC(C)[As]c1cc(-n2ncc3cc(C#N)cnc32)ncc1/C=N\O. The summed E-state index contributed by atoms with van der Waals surface area (Å²) in [6.45, 7) is 4.32. The molecule has 8 heteroatoms. The van der Waals surface area contributed by atoms with Gasteiger partial charge in [0.25, 0.3) is 0 Å². The molecule has 0 aliphatic rings. The van der Waals surface area contributed by atoms with Gasteiger partial charge in [0.15, 0.2) is 0 Å². The van der Waals surface area contributed by atoms with Crippen molar-refractivity contribution in [1.82, 2.24) is 19.7 Å². The fraction of sp³-hybridized carbons (Fsp3) is 0.188. The standard InChI is InChI=1S/C16H14AsN6O/c1-10(2)17-14-4-15(19-7-13(14)9-22-24)23-16-12(8-21-23)3-11(5-18)6-20-16/h3-4,6-10,24H,1-2H3/b22-9-. The zero-order valence-corrected chi connectivity index (χ0v) is 15.0. The summed E-state index contributed by atoms with van der Waals surface area (Å²) in [5.74, 6) is 0.656. The van der Waals surface area contributed by atoms with E-state index in [1.54, 1.807) is 23.1 Å². The van der Waals surface area contributed by atoms with Crippen molar-refractivity contribution in [3.8, 4) is 11.9 Å². The van der Waals surface area contributed by atoms with Gasteiger partial charge in [0.2, 0.25) is 0 Å². The van der Waals surface area contributed by atoms with Crippen LogP contribution in [0.1, 0.15) is 25.0 Å². The molecule has 0 unspecified atom stereocenters. The molecule has 7 nitrogen and oxygen atoms in total. The summed E-state index contributed by atoms with van der Waals surface area (Å²) < 4.78 is 3.30. The Kier molecular flexibility index (Phi) is 4.59. The second-order valence-corrected chi connectivity index (χ2v) is 9.09. The van der Waals surface area contributed by atoms with Gasteiger partial charge in [0.1, 0.15) is 0 Å². The van der Waals surface area contributed by atoms with Crippen molar-refractivity contribution in [2.75, 3.05) is 0 Å². The van der Waals surface area contributed by atoms with Crippen LogP contribution in [0.15, 0.2) is 35.9 Å². The summed E-state index contributed by atoms with van der Waals surface area (Å²) in [5, 5.41) is 26.0. The number of hydrogen-bond acceptors (Lipinski definition) is 6. The minimum absolute atomic E-state index is 0.100. The Bertz CT molecular complexity index is 957. The molecule has 0 fully saturated rings. The Labute approximate surface area is 145 Å². The van der Waals surface area contributed by atoms with Crippen molar-refractivity contribution >= 4 is 37.4 Å². The van der Waals surface area contributed by atoms with Crippen molar-refractivity contribution in [2.45, 2.75) is 18.6 Å². The molecule has 0 spiro atoms. The number of nitriles is 1. The zero-order valence-electron chi connectivity index (χ0n) is 13.1. The Morgan fingerprint density at radius 3 is 2.83 bits per heavy atom. The van der Waals surface area contributed by atoms with E-state index in [0.29, 0.717) is 21.7 Å². The average Bonchev–Trinajstić information content (AvgIpc) is 2.99. The van der Waals surface area contributed by atoms with Gasteiger partial charge < -0.3 is 0 Å². The molecule has 0 aromatic carbocycles. The topological polar surface area (TPSA) is 100.0 Å². The van der Waals surface area contributed by atoms with Crippen molar-refractivity contribution in [3.05, 3.63) is 41.9 Å². The first kappa shape index (κ1) is 16.2. The van der Waals surface area contributed by atoms with E-state index in [1.807, 2.05) is 6.07 Å². The van der Waals surface area contributed by atoms with Crippen molar-refractivity contribution < 1.29 is 5.21 Å². The minimum atomic E-state index is -0.100. The number of nitrogens with zero attached hydrogens (tertiary/aromatic N) is 6. The molecule has 3 aromatic heterocycles. The second-order valence-electron chi connectivity index (χ2n) is 5.37. The molecule has 1 radical (unpaired) electrons. The molecule has 3 aromatic rings. The molecule has 0 saturated carbocycles. The summed E-state index contributed by atoms with van der Waals surface area (Å²) in [7, 11) is 0. The molecular weight excluding hydrogens is 367 g/mol. The van der Waals surface area contributed by atoms with E-state index in [2.05, 4.69) is 40.1 Å². The summed E-state index contributed by atoms with van der Waals surface area (Å²) in [6, 6.07) is 5.78. The average molecular weight is 381 g/mol. The first-order valence-electron chi connectivity index (χ1n) is 7.25. The third-order valence-electron chi connectivity index (χ3n) is 3.25. The van der Waals surface area contributed by atoms with Crippen LogP contribution in [-0.4, -0.2) is 46.9 Å². The van der Waals surface area contributed by atoms with E-state index >= 15 is 0 Å². The van der Waals surface area contributed by atoms with E-state index in [9.17, 15) is 0 Å². The van der Waals surface area contributed by atoms with E-state index in [0.717, 1.165) is 15.3 Å². The van der Waals surface area contributed by atoms with Crippen LogP contribution < -0.4 is 4.35 Å². The normalized spacial score (nSPS) is 11.9. The van der Waals surface area contributed by atoms with Crippen LogP contribution in [-0.2, 0) is 0 Å². The predicted octanol–water partition coefficient (Wildman–Crippen LogP) is 1.65. The van der Waals surface area contributed by atoms with Gasteiger partial charge >= 0.3 is 145 Å². The van der Waals surface area contributed by atoms with Crippen molar-refractivity contribution in [3.63, 3.8) is 0 Å². The van der Waals surface area contributed by atoms with Crippen LogP contribution in [0.4, 0.5) is 0 Å².